The second kappa shape index (κ2) is 12.5. The molecule has 0 heterocycles. The molecule has 0 aliphatic heterocycles. The molecule has 39 heavy (non-hydrogen) atoms. The smallest absolute Gasteiger partial charge is 0.308 e. The van der Waals surface area contributed by atoms with Crippen molar-refractivity contribution in [3.63, 3.8) is 0 Å². The van der Waals surface area contributed by atoms with Crippen LogP contribution in [0, 0.1) is 11.8 Å². The molecule has 5 saturated carbocycles. The number of aliphatic hydroxyl groups is 1. The van der Waals surface area contributed by atoms with Crippen molar-refractivity contribution < 1.29 is 44.0 Å². The number of ether oxygens (including phenoxy) is 2. The first-order chi connectivity index (χ1) is 18.4. The first-order valence-electron chi connectivity index (χ1n) is 13.7. The average molecular weight is 594 g/mol. The summed E-state index contributed by atoms with van der Waals surface area (Å²) in [6.07, 6.45) is 3.56. The van der Waals surface area contributed by atoms with E-state index in [0.717, 1.165) is 0 Å². The number of alkyl halides is 2. The fraction of sp³-hybridized carbons (Fsp3) is 0.846. The number of rotatable bonds is 10. The molecule has 2 amide bonds. The van der Waals surface area contributed by atoms with Crippen molar-refractivity contribution in [2.75, 3.05) is 13.2 Å². The third kappa shape index (κ3) is 7.16. The van der Waals surface area contributed by atoms with Gasteiger partial charge in [0.05, 0.1) is 35.7 Å². The number of hydrogen-bond donors (Lipinski definition) is 5. The summed E-state index contributed by atoms with van der Waals surface area (Å²) in [6.45, 7) is -0.429. The number of nitrogens with one attached hydrogen (secondary N) is 2. The van der Waals surface area contributed by atoms with Gasteiger partial charge in [0.1, 0.15) is 13.2 Å². The Kier molecular flexibility index (Phi) is 9.69. The molecule has 0 aromatic rings. The first kappa shape index (κ1) is 30.3. The second-order valence-electron chi connectivity index (χ2n) is 11.7. The van der Waals surface area contributed by atoms with Gasteiger partial charge in [0.15, 0.2) is 0 Å². The largest absolute Gasteiger partial charge is 0.481 e. The van der Waals surface area contributed by atoms with Crippen LogP contribution >= 0.6 is 23.2 Å². The molecule has 0 spiro atoms. The maximum absolute atomic E-state index is 12.7. The number of carboxylic acid groups (broad SMARTS) is 2. The van der Waals surface area contributed by atoms with Gasteiger partial charge in [-0.15, -0.1) is 23.2 Å². The Morgan fingerprint density at radius 1 is 0.744 bits per heavy atom. The summed E-state index contributed by atoms with van der Waals surface area (Å²) < 4.78 is 11.4. The number of carbonyl (C=O) groups excluding carboxylic acids is 2. The predicted octanol–water partition coefficient (Wildman–Crippen LogP) is 1.79. The van der Waals surface area contributed by atoms with Crippen molar-refractivity contribution in [2.24, 2.45) is 11.8 Å². The van der Waals surface area contributed by atoms with Gasteiger partial charge < -0.3 is 35.4 Å². The lowest BCUT2D eigenvalue weighted by molar-refractivity contribution is -0.148. The number of fused-ring (bicyclic) bond motifs is 3. The summed E-state index contributed by atoms with van der Waals surface area (Å²) in [5, 5.41) is 34.7. The van der Waals surface area contributed by atoms with E-state index in [1.165, 1.54) is 0 Å². The number of aliphatic hydroxyl groups excluding tert-OH is 1. The van der Waals surface area contributed by atoms with Gasteiger partial charge >= 0.3 is 11.9 Å². The molecule has 7 atom stereocenters. The summed E-state index contributed by atoms with van der Waals surface area (Å²) in [6, 6.07) is 0. The third-order valence-corrected chi connectivity index (χ3v) is 10.1. The minimum Gasteiger partial charge on any atom is -0.481 e. The molecule has 6 unspecified atom stereocenters. The monoisotopic (exact) mass is 592 g/mol. The molecule has 0 saturated heterocycles. The normalized spacial score (nSPS) is 40.0. The summed E-state index contributed by atoms with van der Waals surface area (Å²) in [7, 11) is 0. The van der Waals surface area contributed by atoms with E-state index in [9.17, 15) is 34.5 Å². The maximum atomic E-state index is 12.7. The number of amides is 2. The lowest BCUT2D eigenvalue weighted by Gasteiger charge is -2.56. The van der Waals surface area contributed by atoms with Crippen LogP contribution in [0.2, 0.25) is 0 Å². The van der Waals surface area contributed by atoms with E-state index in [-0.39, 0.29) is 50.1 Å². The molecule has 5 aliphatic rings. The molecular formula is C26H38Cl2N2O9. The molecule has 0 aromatic carbocycles. The maximum Gasteiger partial charge on any atom is 0.308 e. The van der Waals surface area contributed by atoms with Crippen LogP contribution in [-0.2, 0) is 28.7 Å². The van der Waals surface area contributed by atoms with Crippen molar-refractivity contribution in [3.05, 3.63) is 0 Å². The van der Waals surface area contributed by atoms with Crippen LogP contribution in [-0.4, -0.2) is 92.4 Å². The molecule has 13 heteroatoms. The average Bonchev–Trinajstić information content (AvgIpc) is 2.88. The van der Waals surface area contributed by atoms with Crippen LogP contribution in [0.25, 0.3) is 0 Å². The van der Waals surface area contributed by atoms with Crippen LogP contribution in [0.15, 0.2) is 0 Å². The first-order valence-corrected chi connectivity index (χ1v) is 14.6. The zero-order chi connectivity index (χ0) is 28.4. The van der Waals surface area contributed by atoms with E-state index in [2.05, 4.69) is 10.6 Å². The van der Waals surface area contributed by atoms with Crippen molar-refractivity contribution >= 4 is 47.0 Å². The minimum absolute atomic E-state index is 0.199. The second-order valence-corrected chi connectivity index (χ2v) is 12.8. The van der Waals surface area contributed by atoms with Gasteiger partial charge in [0.25, 0.3) is 0 Å². The van der Waals surface area contributed by atoms with Crippen LogP contribution in [0.3, 0.4) is 0 Å². The van der Waals surface area contributed by atoms with E-state index >= 15 is 0 Å². The van der Waals surface area contributed by atoms with Gasteiger partial charge in [0.2, 0.25) is 11.8 Å². The minimum atomic E-state index is -0.966. The molecule has 5 N–H and O–H groups in total. The highest BCUT2D eigenvalue weighted by molar-refractivity contribution is 6.22. The van der Waals surface area contributed by atoms with Gasteiger partial charge in [0, 0.05) is 16.3 Å². The van der Waals surface area contributed by atoms with Crippen molar-refractivity contribution in [2.45, 2.75) is 111 Å². The number of hydrogen-bond acceptors (Lipinski definition) is 7. The molecule has 5 fully saturated rings. The fourth-order valence-electron chi connectivity index (χ4n) is 6.70. The number of aliphatic carboxylic acids is 2. The van der Waals surface area contributed by atoms with E-state index in [0.29, 0.717) is 57.8 Å². The van der Waals surface area contributed by atoms with Gasteiger partial charge in [-0.05, 0) is 70.6 Å². The van der Waals surface area contributed by atoms with Crippen LogP contribution < -0.4 is 10.6 Å². The Hall–Kier alpha value is -1.66. The van der Waals surface area contributed by atoms with Crippen LogP contribution in [0.5, 0.6) is 0 Å². The van der Waals surface area contributed by atoms with Crippen LogP contribution in [0.4, 0.5) is 0 Å². The van der Waals surface area contributed by atoms with Crippen molar-refractivity contribution in [1.29, 1.82) is 0 Å². The molecule has 0 aromatic heterocycles. The summed E-state index contributed by atoms with van der Waals surface area (Å²) in [5.41, 5.74) is -1.39. The molecule has 5 rings (SSSR count). The molecule has 11 nitrogen and oxygen atoms in total. The van der Waals surface area contributed by atoms with E-state index < -0.39 is 51.7 Å². The topological polar surface area (TPSA) is 171 Å². The highest BCUT2D eigenvalue weighted by Crippen LogP contribution is 2.47. The highest BCUT2D eigenvalue weighted by Gasteiger charge is 2.55. The Balaban J connectivity index is 1.21. The molecule has 220 valence electrons. The SMILES string of the molecule is O=C(COC1CCC(Cl)C(C(=O)O)C1)NC12CCC(NC(=O)COC3CCC(Cl)C(C(=O)O)C3)(CC1)[C@@H](O)C2. The molecular weight excluding hydrogens is 555 g/mol. The lowest BCUT2D eigenvalue weighted by atomic mass is 9.60. The van der Waals surface area contributed by atoms with Crippen molar-refractivity contribution in [3.8, 4) is 0 Å². The standard InChI is InChI=1S/C26H38Cl2N2O9/c27-18-3-1-14(9-16(18)23(34)35)38-12-21(32)29-25-5-7-26(8-6-25,20(31)11-25)30-22(33)13-39-15-2-4-19(28)17(10-15)24(36)37/h14-20,31H,1-13H2,(H,29,32)(H,30,33)(H,34,35)(H,36,37)/t14?,15?,16?,17?,18?,19?,20-,25?,26?/m0/s1. The Labute approximate surface area is 237 Å². The summed E-state index contributed by atoms with van der Waals surface area (Å²) in [4.78, 5) is 48.2. The Morgan fingerprint density at radius 3 is 1.64 bits per heavy atom. The third-order valence-electron chi connectivity index (χ3n) is 9.08. The predicted molar refractivity (Wildman–Crippen MR) is 140 cm³/mol. The highest BCUT2D eigenvalue weighted by atomic mass is 35.5. The van der Waals surface area contributed by atoms with E-state index in [4.69, 9.17) is 32.7 Å². The Bertz CT molecular complexity index is 942. The van der Waals surface area contributed by atoms with Gasteiger partial charge in [-0.2, -0.15) is 0 Å². The Morgan fingerprint density at radius 2 is 1.21 bits per heavy atom. The van der Waals surface area contributed by atoms with Crippen LogP contribution in [0.1, 0.15) is 70.6 Å². The van der Waals surface area contributed by atoms with E-state index in [1.807, 2.05) is 0 Å². The molecule has 0 radical (unpaired) electrons. The summed E-state index contributed by atoms with van der Waals surface area (Å²) in [5.74, 6) is -4.02. The number of carboxylic acids is 2. The fourth-order valence-corrected chi connectivity index (χ4v) is 7.37. The van der Waals surface area contributed by atoms with E-state index in [1.54, 1.807) is 0 Å². The summed E-state index contributed by atoms with van der Waals surface area (Å²) >= 11 is 12.2. The van der Waals surface area contributed by atoms with Crippen molar-refractivity contribution in [1.82, 2.24) is 10.6 Å². The van der Waals surface area contributed by atoms with Gasteiger partial charge in [-0.3, -0.25) is 19.2 Å². The lowest BCUT2D eigenvalue weighted by Crippen LogP contribution is -2.70. The number of halogens is 2. The molecule has 5 aliphatic carbocycles. The quantitative estimate of drug-likeness (QED) is 0.237. The molecule has 2 bridgehead atoms. The number of carbonyl (C=O) groups is 4. The zero-order valence-corrected chi connectivity index (χ0v) is 23.3. The van der Waals surface area contributed by atoms with Gasteiger partial charge in [-0.25, -0.2) is 0 Å². The zero-order valence-electron chi connectivity index (χ0n) is 21.8. The van der Waals surface area contributed by atoms with Gasteiger partial charge in [-0.1, -0.05) is 0 Å².